The first-order valence-corrected chi connectivity index (χ1v) is 1.12. The smallest absolute Gasteiger partial charge is 0.181 e. The Morgan fingerprint density at radius 3 is 1.57 bits per heavy atom. The Morgan fingerprint density at radius 1 is 1.43 bits per heavy atom. The zero-order chi connectivity index (χ0) is 6.12. The molecule has 5 heteroatoms. The Kier molecular flexibility index (Phi) is 35.9. The SMILES string of the molecule is N#CC#N.[N-]=[N+]=N. The summed E-state index contributed by atoms with van der Waals surface area (Å²) >= 11 is 0. The molecule has 0 aromatic carbocycles. The summed E-state index contributed by atoms with van der Waals surface area (Å²) in [6.45, 7) is 0. The number of nitrogens with one attached hydrogen (secondary N) is 1. The van der Waals surface area contributed by atoms with E-state index in [0.717, 1.165) is 0 Å². The summed E-state index contributed by atoms with van der Waals surface area (Å²) in [7, 11) is 0. The molecule has 0 aromatic heterocycles. The highest BCUT2D eigenvalue weighted by Gasteiger charge is 1.39. The van der Waals surface area contributed by atoms with Crippen molar-refractivity contribution in [3.63, 3.8) is 0 Å². The van der Waals surface area contributed by atoms with Gasteiger partial charge in [-0.15, -0.1) is 5.53 Å². The summed E-state index contributed by atoms with van der Waals surface area (Å²) in [5.41, 5.74) is 12.2. The third-order valence-electron chi connectivity index (χ3n) is 0.0500. The minimum absolute atomic E-state index is 1.24. The van der Waals surface area contributed by atoms with Crippen LogP contribution in [0.15, 0.2) is 0 Å². The monoisotopic (exact) mass is 95.0 g/mol. The Bertz CT molecular complexity index is 115. The molecule has 1 N–H and O–H groups in total. The van der Waals surface area contributed by atoms with E-state index in [0.29, 0.717) is 0 Å². The quantitative estimate of drug-likeness (QED) is 0.274. The lowest BCUT2D eigenvalue weighted by Gasteiger charge is -1.16. The van der Waals surface area contributed by atoms with Gasteiger partial charge in [-0.05, 0) is 10.4 Å². The summed E-state index contributed by atoms with van der Waals surface area (Å²) in [5, 5.41) is 14.5. The van der Waals surface area contributed by atoms with Crippen LogP contribution in [0.3, 0.4) is 0 Å². The van der Waals surface area contributed by atoms with Crippen molar-refractivity contribution in [3.05, 3.63) is 10.4 Å². The van der Waals surface area contributed by atoms with Gasteiger partial charge in [0.2, 0.25) is 0 Å². The minimum Gasteiger partial charge on any atom is -0.181 e. The third kappa shape index (κ3) is 44.6. The van der Waals surface area contributed by atoms with Gasteiger partial charge in [0.15, 0.2) is 12.1 Å². The molecule has 0 amide bonds. The van der Waals surface area contributed by atoms with Crippen molar-refractivity contribution in [1.29, 1.82) is 16.1 Å². The fourth-order valence-electron chi connectivity index (χ4n) is 0. The van der Waals surface area contributed by atoms with Crippen LogP contribution in [0.1, 0.15) is 0 Å². The number of nitrogens with zero attached hydrogens (tertiary/aromatic N) is 4. The molecular weight excluding hydrogens is 94.1 g/mol. The van der Waals surface area contributed by atoms with E-state index in [2.05, 4.69) is 0 Å². The van der Waals surface area contributed by atoms with Crippen LogP contribution in [0.2, 0.25) is 0 Å². The van der Waals surface area contributed by atoms with E-state index in [9.17, 15) is 0 Å². The van der Waals surface area contributed by atoms with E-state index in [4.69, 9.17) is 21.6 Å². The molecule has 0 spiro atoms. The van der Waals surface area contributed by atoms with E-state index >= 15 is 0 Å². The summed E-state index contributed by atoms with van der Waals surface area (Å²) in [6.07, 6.45) is 0. The molecular formula is C2HN5. The summed E-state index contributed by atoms with van der Waals surface area (Å²) in [4.78, 5) is 1.75. The van der Waals surface area contributed by atoms with Gasteiger partial charge >= 0.3 is 0 Å². The van der Waals surface area contributed by atoms with Gasteiger partial charge in [-0.25, -0.2) is 0 Å². The number of rotatable bonds is 0. The predicted molar refractivity (Wildman–Crippen MR) is 20.7 cm³/mol. The van der Waals surface area contributed by atoms with Gasteiger partial charge in [0.05, 0.1) is 0 Å². The van der Waals surface area contributed by atoms with Gasteiger partial charge < -0.3 is 0 Å². The first-order chi connectivity index (χ1) is 3.33. The Hall–Kier alpha value is -1.71. The normalized spacial score (nSPS) is 2.57. The molecule has 0 aliphatic heterocycles. The van der Waals surface area contributed by atoms with E-state index in [-0.39, 0.29) is 0 Å². The van der Waals surface area contributed by atoms with Crippen molar-refractivity contribution in [2.24, 2.45) is 0 Å². The first-order valence-electron chi connectivity index (χ1n) is 1.12. The summed E-state index contributed by atoms with van der Waals surface area (Å²) < 4.78 is 0. The zero-order valence-electron chi connectivity index (χ0n) is 3.29. The standard InChI is InChI=1S/C2N2.HN3/c3-1-2-4;1-3-2/h;1H. The highest BCUT2D eigenvalue weighted by atomic mass is 15.0. The van der Waals surface area contributed by atoms with Crippen molar-refractivity contribution in [2.45, 2.75) is 0 Å². The van der Waals surface area contributed by atoms with Crippen molar-refractivity contribution in [1.82, 2.24) is 0 Å². The molecule has 0 radical (unpaired) electrons. The molecule has 0 aromatic rings. The second-order valence-corrected chi connectivity index (χ2v) is 0.324. The number of hydrogen-bond acceptors (Lipinski definition) is 3. The molecule has 0 aliphatic carbocycles. The van der Waals surface area contributed by atoms with Crippen molar-refractivity contribution < 1.29 is 0 Å². The maximum absolute atomic E-state index is 7.26. The second kappa shape index (κ2) is 27.9. The van der Waals surface area contributed by atoms with E-state index < -0.39 is 0 Å². The third-order valence-corrected chi connectivity index (χ3v) is 0.0500. The van der Waals surface area contributed by atoms with Crippen LogP contribution in [-0.2, 0) is 0 Å². The average Bonchev–Trinajstić information content (AvgIpc) is 1.69. The molecule has 0 heterocycles. The largest absolute Gasteiger partial charge is 0.181 e. The van der Waals surface area contributed by atoms with Crippen LogP contribution in [-0.4, -0.2) is 0 Å². The second-order valence-electron chi connectivity index (χ2n) is 0.324. The molecule has 0 aliphatic rings. The van der Waals surface area contributed by atoms with Gasteiger partial charge in [-0.2, -0.15) is 10.5 Å². The highest BCUT2D eigenvalue weighted by Crippen LogP contribution is 1.27. The Labute approximate surface area is 39.8 Å². The number of hydrogen-bond donors (Lipinski definition) is 1. The fourth-order valence-corrected chi connectivity index (χ4v) is 0. The van der Waals surface area contributed by atoms with Crippen LogP contribution in [0, 0.1) is 28.2 Å². The molecule has 0 saturated heterocycles. The van der Waals surface area contributed by atoms with Crippen molar-refractivity contribution in [3.8, 4) is 12.1 Å². The first kappa shape index (κ1) is 8.99. The Balaban J connectivity index is 0. The zero-order valence-corrected chi connectivity index (χ0v) is 3.29. The van der Waals surface area contributed by atoms with Gasteiger partial charge in [0.1, 0.15) is 0 Å². The van der Waals surface area contributed by atoms with Gasteiger partial charge in [0.25, 0.3) is 0 Å². The van der Waals surface area contributed by atoms with Gasteiger partial charge in [-0.1, -0.05) is 0 Å². The molecule has 0 unspecified atom stereocenters. The minimum atomic E-state index is 1.24. The molecule has 0 rings (SSSR count). The van der Waals surface area contributed by atoms with Crippen LogP contribution in [0.5, 0.6) is 0 Å². The lowest BCUT2D eigenvalue weighted by molar-refractivity contribution is 1.45. The summed E-state index contributed by atoms with van der Waals surface area (Å²) in [6, 6.07) is 2.47. The lowest BCUT2D eigenvalue weighted by atomic mass is 10.9. The highest BCUT2D eigenvalue weighted by molar-refractivity contribution is 4.99. The molecule has 0 bridgehead atoms. The lowest BCUT2D eigenvalue weighted by Crippen LogP contribution is -1.26. The molecule has 0 fully saturated rings. The van der Waals surface area contributed by atoms with Crippen molar-refractivity contribution >= 4 is 0 Å². The molecule has 5 nitrogen and oxygen atoms in total. The molecule has 0 saturated carbocycles. The van der Waals surface area contributed by atoms with Crippen LogP contribution in [0.4, 0.5) is 0 Å². The molecule has 7 heavy (non-hydrogen) atoms. The maximum Gasteiger partial charge on any atom is 0.181 e. The van der Waals surface area contributed by atoms with Crippen LogP contribution < -0.4 is 0 Å². The fraction of sp³-hybridized carbons (Fsp3) is 0. The molecule has 34 valence electrons. The van der Waals surface area contributed by atoms with Crippen LogP contribution in [0.25, 0.3) is 10.4 Å². The summed E-state index contributed by atoms with van der Waals surface area (Å²) in [5.74, 6) is 0. The Morgan fingerprint density at radius 2 is 1.57 bits per heavy atom. The average molecular weight is 95.1 g/mol. The van der Waals surface area contributed by atoms with E-state index in [1.54, 1.807) is 4.91 Å². The van der Waals surface area contributed by atoms with E-state index in [1.165, 1.54) is 12.1 Å². The van der Waals surface area contributed by atoms with Gasteiger partial charge in [-0.3, -0.25) is 0 Å². The van der Waals surface area contributed by atoms with Crippen LogP contribution >= 0.6 is 0 Å². The van der Waals surface area contributed by atoms with Crippen molar-refractivity contribution in [2.75, 3.05) is 0 Å². The molecule has 0 atom stereocenters. The number of nitriles is 2. The maximum atomic E-state index is 7.26. The predicted octanol–water partition coefficient (Wildman–Crippen LogP) is 0.909. The topological polar surface area (TPSA) is 108 Å². The van der Waals surface area contributed by atoms with E-state index in [1.807, 2.05) is 0 Å². The van der Waals surface area contributed by atoms with Gasteiger partial charge in [0, 0.05) is 0 Å².